The zero-order valence-corrected chi connectivity index (χ0v) is 19.4. The number of carbonyl (C=O) groups excluding carboxylic acids is 2. The van der Waals surface area contributed by atoms with Crippen LogP contribution in [0.3, 0.4) is 0 Å². The number of carboxylic acids is 1. The fourth-order valence-corrected chi connectivity index (χ4v) is 5.01. The van der Waals surface area contributed by atoms with Crippen molar-refractivity contribution in [3.63, 3.8) is 0 Å². The van der Waals surface area contributed by atoms with Gasteiger partial charge in [0.15, 0.2) is 4.34 Å². The van der Waals surface area contributed by atoms with E-state index >= 15 is 0 Å². The minimum atomic E-state index is -1.19. The van der Waals surface area contributed by atoms with Crippen LogP contribution in [0.5, 0.6) is 0 Å². The first-order chi connectivity index (χ1) is 16.8. The van der Waals surface area contributed by atoms with E-state index in [1.165, 1.54) is 59.5 Å². The molecule has 1 aromatic heterocycles. The van der Waals surface area contributed by atoms with E-state index in [-0.39, 0.29) is 28.5 Å². The summed E-state index contributed by atoms with van der Waals surface area (Å²) in [5.41, 5.74) is 1.54. The van der Waals surface area contributed by atoms with Crippen molar-refractivity contribution in [2.75, 3.05) is 16.4 Å². The number of thiazole rings is 1. The summed E-state index contributed by atoms with van der Waals surface area (Å²) in [6.45, 7) is 0. The average Bonchev–Trinajstić information content (AvgIpc) is 3.25. The highest BCUT2D eigenvalue weighted by Crippen LogP contribution is 2.31. The van der Waals surface area contributed by atoms with Crippen LogP contribution in [0.15, 0.2) is 71.1 Å². The summed E-state index contributed by atoms with van der Waals surface area (Å²) >= 11 is 2.59. The maximum absolute atomic E-state index is 12.6. The van der Waals surface area contributed by atoms with E-state index in [0.717, 1.165) is 4.70 Å². The van der Waals surface area contributed by atoms with Crippen molar-refractivity contribution in [1.29, 1.82) is 0 Å². The molecule has 3 aromatic carbocycles. The van der Waals surface area contributed by atoms with E-state index < -0.39 is 16.8 Å². The van der Waals surface area contributed by atoms with Crippen LogP contribution in [-0.2, 0) is 4.79 Å². The molecule has 0 saturated carbocycles. The first kappa shape index (κ1) is 23.9. The number of nitrogens with one attached hydrogen (secondary N) is 2. The minimum absolute atomic E-state index is 0.0553. The Balaban J connectivity index is 1.39. The highest BCUT2D eigenvalue weighted by atomic mass is 32.2. The number of nitrogens with zero attached hydrogens (tertiary/aromatic N) is 2. The molecule has 35 heavy (non-hydrogen) atoms. The van der Waals surface area contributed by atoms with Crippen LogP contribution in [0, 0.1) is 10.1 Å². The smallest absolute Gasteiger partial charge is 0.336 e. The topological polar surface area (TPSA) is 152 Å². The fourth-order valence-electron chi connectivity index (χ4n) is 3.10. The van der Waals surface area contributed by atoms with Crippen LogP contribution < -0.4 is 10.6 Å². The molecule has 0 saturated heterocycles. The number of nitro groups is 1. The van der Waals surface area contributed by atoms with Gasteiger partial charge in [-0.05, 0) is 42.5 Å². The van der Waals surface area contributed by atoms with Crippen LogP contribution in [0.2, 0.25) is 0 Å². The molecule has 176 valence electrons. The number of aromatic nitrogens is 1. The van der Waals surface area contributed by atoms with Crippen molar-refractivity contribution in [3.05, 3.63) is 88.0 Å². The molecule has 0 radical (unpaired) electrons. The summed E-state index contributed by atoms with van der Waals surface area (Å²) in [4.78, 5) is 50.9. The summed E-state index contributed by atoms with van der Waals surface area (Å²) in [5, 5.41) is 25.4. The Hall–Kier alpha value is -4.29. The first-order valence-corrected chi connectivity index (χ1v) is 11.8. The van der Waals surface area contributed by atoms with E-state index in [0.29, 0.717) is 21.2 Å². The number of rotatable bonds is 8. The van der Waals surface area contributed by atoms with Gasteiger partial charge in [-0.25, -0.2) is 9.78 Å². The van der Waals surface area contributed by atoms with Gasteiger partial charge in [-0.2, -0.15) is 0 Å². The second-order valence-corrected chi connectivity index (χ2v) is 9.36. The van der Waals surface area contributed by atoms with E-state index in [9.17, 15) is 29.6 Å². The molecular weight excluding hydrogens is 492 g/mol. The van der Waals surface area contributed by atoms with Gasteiger partial charge in [-0.15, -0.1) is 11.3 Å². The summed E-state index contributed by atoms with van der Waals surface area (Å²) < 4.78 is 1.44. The Labute approximate surface area is 206 Å². The fraction of sp³-hybridized carbons (Fsp3) is 0.0435. The lowest BCUT2D eigenvalue weighted by molar-refractivity contribution is -0.384. The molecule has 10 nitrogen and oxygen atoms in total. The third-order valence-corrected chi connectivity index (χ3v) is 6.88. The molecule has 4 rings (SSSR count). The largest absolute Gasteiger partial charge is 0.478 e. The number of carbonyl (C=O) groups is 3. The molecule has 12 heteroatoms. The molecule has 0 aliphatic rings. The monoisotopic (exact) mass is 508 g/mol. The number of amides is 2. The molecule has 0 atom stereocenters. The molecule has 4 aromatic rings. The molecule has 0 aliphatic heterocycles. The predicted octanol–water partition coefficient (Wildman–Crippen LogP) is 4.89. The zero-order valence-electron chi connectivity index (χ0n) is 17.8. The quantitative estimate of drug-likeness (QED) is 0.173. The van der Waals surface area contributed by atoms with Crippen molar-refractivity contribution in [3.8, 4) is 0 Å². The first-order valence-electron chi connectivity index (χ1n) is 10.0. The second kappa shape index (κ2) is 10.3. The Morgan fingerprint density at radius 3 is 2.34 bits per heavy atom. The van der Waals surface area contributed by atoms with Gasteiger partial charge in [-0.3, -0.25) is 19.7 Å². The Bertz CT molecular complexity index is 1450. The number of thioether (sulfide) groups is 1. The molecule has 0 bridgehead atoms. The number of nitro benzene ring substituents is 1. The number of hydrogen-bond donors (Lipinski definition) is 3. The van der Waals surface area contributed by atoms with Crippen LogP contribution in [0.25, 0.3) is 10.2 Å². The maximum Gasteiger partial charge on any atom is 0.336 e. The van der Waals surface area contributed by atoms with Crippen molar-refractivity contribution in [1.82, 2.24) is 4.98 Å². The van der Waals surface area contributed by atoms with E-state index in [1.54, 1.807) is 30.3 Å². The highest BCUT2D eigenvalue weighted by Gasteiger charge is 2.16. The number of carboxylic acid groups (broad SMARTS) is 1. The number of fused-ring (bicyclic) bond motifs is 1. The maximum atomic E-state index is 12.6. The second-order valence-electron chi connectivity index (χ2n) is 7.11. The SMILES string of the molecule is O=C(CSc1nc2ccc(NC(=O)c3ccccc3C(=O)O)cc2s1)Nc1ccc([N+](=O)[O-])cc1. The standard InChI is InChI=1S/C23H16N4O6S2/c28-20(24-13-5-8-15(9-6-13)27(32)33)12-34-23-26-18-10-7-14(11-19(18)35-23)25-21(29)16-3-1-2-4-17(16)22(30)31/h1-11H,12H2,(H,24,28)(H,25,29)(H,30,31). The highest BCUT2D eigenvalue weighted by molar-refractivity contribution is 8.01. The lowest BCUT2D eigenvalue weighted by Gasteiger charge is -2.07. The van der Waals surface area contributed by atoms with E-state index in [1.807, 2.05) is 0 Å². The van der Waals surface area contributed by atoms with Gasteiger partial charge in [0.25, 0.3) is 11.6 Å². The summed E-state index contributed by atoms with van der Waals surface area (Å²) in [7, 11) is 0. The van der Waals surface area contributed by atoms with Crippen LogP contribution in [0.1, 0.15) is 20.7 Å². The van der Waals surface area contributed by atoms with Crippen LogP contribution in [-0.4, -0.2) is 38.6 Å². The normalized spacial score (nSPS) is 10.6. The van der Waals surface area contributed by atoms with Crippen molar-refractivity contribution in [2.45, 2.75) is 4.34 Å². The van der Waals surface area contributed by atoms with Crippen molar-refractivity contribution >= 4 is 68.2 Å². The van der Waals surface area contributed by atoms with Gasteiger partial charge >= 0.3 is 5.97 Å². The van der Waals surface area contributed by atoms with Crippen LogP contribution >= 0.6 is 23.1 Å². The Morgan fingerprint density at radius 1 is 0.971 bits per heavy atom. The summed E-state index contributed by atoms with van der Waals surface area (Å²) in [6, 6.07) is 16.6. The molecule has 0 fully saturated rings. The Kier molecular flexibility index (Phi) is 7.03. The lowest BCUT2D eigenvalue weighted by Crippen LogP contribution is -2.16. The number of benzene rings is 3. The van der Waals surface area contributed by atoms with Gasteiger partial charge in [0.05, 0.1) is 32.0 Å². The van der Waals surface area contributed by atoms with Gasteiger partial charge in [0, 0.05) is 23.5 Å². The van der Waals surface area contributed by atoms with Gasteiger partial charge in [-0.1, -0.05) is 23.9 Å². The molecule has 0 aliphatic carbocycles. The molecule has 0 spiro atoms. The predicted molar refractivity (Wildman–Crippen MR) is 133 cm³/mol. The molecular formula is C23H16N4O6S2. The number of hydrogen-bond acceptors (Lipinski definition) is 8. The third-order valence-electron chi connectivity index (χ3n) is 4.72. The van der Waals surface area contributed by atoms with E-state index in [4.69, 9.17) is 0 Å². The Morgan fingerprint density at radius 2 is 1.66 bits per heavy atom. The van der Waals surface area contributed by atoms with Gasteiger partial charge < -0.3 is 15.7 Å². The van der Waals surface area contributed by atoms with Gasteiger partial charge in [0.1, 0.15) is 0 Å². The van der Waals surface area contributed by atoms with Crippen LogP contribution in [0.4, 0.5) is 17.1 Å². The minimum Gasteiger partial charge on any atom is -0.478 e. The number of anilines is 2. The summed E-state index contributed by atoms with van der Waals surface area (Å²) in [5.74, 6) is -1.92. The summed E-state index contributed by atoms with van der Waals surface area (Å²) in [6.07, 6.45) is 0. The van der Waals surface area contributed by atoms with E-state index in [2.05, 4.69) is 15.6 Å². The van der Waals surface area contributed by atoms with Crippen molar-refractivity contribution < 1.29 is 24.4 Å². The average molecular weight is 509 g/mol. The molecule has 0 unspecified atom stereocenters. The van der Waals surface area contributed by atoms with Gasteiger partial charge in [0.2, 0.25) is 5.91 Å². The number of non-ortho nitro benzene ring substituents is 1. The molecule has 2 amide bonds. The lowest BCUT2D eigenvalue weighted by atomic mass is 10.1. The van der Waals surface area contributed by atoms with Crippen molar-refractivity contribution in [2.24, 2.45) is 0 Å². The molecule has 3 N–H and O–H groups in total. The zero-order chi connectivity index (χ0) is 24.9. The number of aromatic carboxylic acids is 1. The third kappa shape index (κ3) is 5.80. The molecule has 1 heterocycles.